The number of rotatable bonds is 5. The van der Waals surface area contributed by atoms with Gasteiger partial charge in [-0.25, -0.2) is 9.86 Å². The number of hydroxylamine groups is 2. The molecule has 2 atom stereocenters. The monoisotopic (exact) mass is 353 g/mol. The van der Waals surface area contributed by atoms with Gasteiger partial charge in [-0.05, 0) is 30.4 Å². The number of amides is 1. The first-order valence-electron chi connectivity index (χ1n) is 8.90. The molecule has 0 bridgehead atoms. The Kier molecular flexibility index (Phi) is 6.02. The molecule has 136 valence electrons. The van der Waals surface area contributed by atoms with E-state index in [1.165, 1.54) is 5.06 Å². The van der Waals surface area contributed by atoms with Crippen LogP contribution < -0.4 is 0 Å². The number of ether oxygens (including phenoxy) is 1. The molecule has 2 aromatic carbocycles. The summed E-state index contributed by atoms with van der Waals surface area (Å²) in [5, 5.41) is 1.31. The lowest BCUT2D eigenvalue weighted by Gasteiger charge is -2.23. The summed E-state index contributed by atoms with van der Waals surface area (Å²) in [6, 6.07) is 19.4. The second-order valence-corrected chi connectivity index (χ2v) is 6.31. The van der Waals surface area contributed by atoms with Crippen molar-refractivity contribution in [3.8, 4) is 0 Å². The standard InChI is InChI=1S/C21H23NO4/c1-2-25-21(24)19-13-18(17-11-7-4-8-12-17)14-20(23)22(26-19)15-16-9-5-3-6-10-16/h3-12,18-19H,2,13-15H2,1H3/t18-,19+/m0/s1. The van der Waals surface area contributed by atoms with E-state index >= 15 is 0 Å². The molecule has 0 N–H and O–H groups in total. The average Bonchev–Trinajstić information content (AvgIpc) is 2.83. The molecule has 2 aromatic rings. The van der Waals surface area contributed by atoms with Crippen molar-refractivity contribution in [1.82, 2.24) is 5.06 Å². The number of hydrogen-bond acceptors (Lipinski definition) is 4. The normalized spacial score (nSPS) is 20.5. The van der Waals surface area contributed by atoms with E-state index in [1.807, 2.05) is 60.7 Å². The molecular formula is C21H23NO4. The molecule has 0 radical (unpaired) electrons. The molecule has 1 aliphatic rings. The maximum absolute atomic E-state index is 12.8. The highest BCUT2D eigenvalue weighted by atomic mass is 16.7. The van der Waals surface area contributed by atoms with Crippen LogP contribution in [0.25, 0.3) is 0 Å². The van der Waals surface area contributed by atoms with Gasteiger partial charge in [0.2, 0.25) is 5.91 Å². The van der Waals surface area contributed by atoms with E-state index in [1.54, 1.807) is 6.92 Å². The lowest BCUT2D eigenvalue weighted by molar-refractivity contribution is -0.215. The van der Waals surface area contributed by atoms with Gasteiger partial charge in [-0.2, -0.15) is 0 Å². The Hall–Kier alpha value is -2.66. The van der Waals surface area contributed by atoms with Gasteiger partial charge in [0, 0.05) is 6.42 Å². The Morgan fingerprint density at radius 1 is 1.12 bits per heavy atom. The van der Waals surface area contributed by atoms with Gasteiger partial charge in [0.25, 0.3) is 0 Å². The van der Waals surface area contributed by atoms with Crippen molar-refractivity contribution in [3.05, 3.63) is 71.8 Å². The third-order valence-corrected chi connectivity index (χ3v) is 4.44. The van der Waals surface area contributed by atoms with Gasteiger partial charge < -0.3 is 4.74 Å². The van der Waals surface area contributed by atoms with E-state index in [-0.39, 0.29) is 18.4 Å². The summed E-state index contributed by atoms with van der Waals surface area (Å²) >= 11 is 0. The third-order valence-electron chi connectivity index (χ3n) is 4.44. The molecule has 1 saturated heterocycles. The largest absolute Gasteiger partial charge is 0.464 e. The van der Waals surface area contributed by atoms with Crippen molar-refractivity contribution in [2.24, 2.45) is 0 Å². The molecule has 1 fully saturated rings. The number of carbonyl (C=O) groups excluding carboxylic acids is 2. The van der Waals surface area contributed by atoms with Crippen molar-refractivity contribution < 1.29 is 19.2 Å². The SMILES string of the molecule is CCOC(=O)[C@H]1C[C@H](c2ccccc2)CC(=O)N(Cc2ccccc2)O1. The van der Waals surface area contributed by atoms with Crippen LogP contribution in [0.4, 0.5) is 0 Å². The Labute approximate surface area is 153 Å². The first-order valence-corrected chi connectivity index (χ1v) is 8.90. The summed E-state index contributed by atoms with van der Waals surface area (Å²) < 4.78 is 5.15. The molecule has 1 aliphatic heterocycles. The van der Waals surface area contributed by atoms with Gasteiger partial charge >= 0.3 is 5.97 Å². The summed E-state index contributed by atoms with van der Waals surface area (Å²) in [7, 11) is 0. The van der Waals surface area contributed by atoms with Crippen LogP contribution in [0.3, 0.4) is 0 Å². The second-order valence-electron chi connectivity index (χ2n) is 6.31. The van der Waals surface area contributed by atoms with Crippen molar-refractivity contribution >= 4 is 11.9 Å². The Balaban J connectivity index is 1.83. The van der Waals surface area contributed by atoms with Gasteiger partial charge in [-0.1, -0.05) is 60.7 Å². The fraction of sp³-hybridized carbons (Fsp3) is 0.333. The summed E-state index contributed by atoms with van der Waals surface area (Å²) in [5.41, 5.74) is 1.97. The zero-order valence-corrected chi connectivity index (χ0v) is 14.8. The molecule has 3 rings (SSSR count). The molecule has 0 unspecified atom stereocenters. The highest BCUT2D eigenvalue weighted by Gasteiger charge is 2.35. The minimum absolute atomic E-state index is 0.0844. The third kappa shape index (κ3) is 4.49. The molecular weight excluding hydrogens is 330 g/mol. The number of hydrogen-bond donors (Lipinski definition) is 0. The van der Waals surface area contributed by atoms with Gasteiger partial charge in [0.05, 0.1) is 13.2 Å². The molecule has 0 aromatic heterocycles. The first kappa shape index (κ1) is 18.1. The molecule has 5 heteroatoms. The van der Waals surface area contributed by atoms with Crippen LogP contribution in [0.15, 0.2) is 60.7 Å². The number of carbonyl (C=O) groups is 2. The zero-order valence-electron chi connectivity index (χ0n) is 14.8. The van der Waals surface area contributed by atoms with Crippen LogP contribution in [-0.4, -0.2) is 29.7 Å². The van der Waals surface area contributed by atoms with Crippen LogP contribution in [0.1, 0.15) is 36.8 Å². The van der Waals surface area contributed by atoms with Crippen LogP contribution >= 0.6 is 0 Å². The van der Waals surface area contributed by atoms with Crippen LogP contribution in [-0.2, 0) is 25.7 Å². The Morgan fingerprint density at radius 2 is 1.77 bits per heavy atom. The first-order chi connectivity index (χ1) is 12.7. The summed E-state index contributed by atoms with van der Waals surface area (Å²) in [6.07, 6.45) is -0.0811. The van der Waals surface area contributed by atoms with E-state index in [4.69, 9.17) is 9.57 Å². The van der Waals surface area contributed by atoms with Crippen molar-refractivity contribution in [1.29, 1.82) is 0 Å². The highest BCUT2D eigenvalue weighted by molar-refractivity contribution is 5.79. The molecule has 26 heavy (non-hydrogen) atoms. The van der Waals surface area contributed by atoms with E-state index in [9.17, 15) is 9.59 Å². The molecule has 0 spiro atoms. The quantitative estimate of drug-likeness (QED) is 0.773. The zero-order chi connectivity index (χ0) is 18.4. The lowest BCUT2D eigenvalue weighted by Crippen LogP contribution is -2.36. The van der Waals surface area contributed by atoms with Crippen LogP contribution in [0.5, 0.6) is 0 Å². The predicted molar refractivity (Wildman–Crippen MR) is 96.9 cm³/mol. The molecule has 1 amide bonds. The van der Waals surface area contributed by atoms with E-state index < -0.39 is 12.1 Å². The minimum atomic E-state index is -0.796. The number of esters is 1. The molecule has 1 heterocycles. The number of nitrogens with zero attached hydrogens (tertiary/aromatic N) is 1. The highest BCUT2D eigenvalue weighted by Crippen LogP contribution is 2.31. The Morgan fingerprint density at radius 3 is 2.42 bits per heavy atom. The maximum atomic E-state index is 12.8. The van der Waals surface area contributed by atoms with Gasteiger partial charge in [0.15, 0.2) is 6.10 Å². The predicted octanol–water partition coefficient (Wildman–Crippen LogP) is 3.46. The van der Waals surface area contributed by atoms with E-state index in [0.717, 1.165) is 11.1 Å². The molecule has 0 saturated carbocycles. The van der Waals surface area contributed by atoms with E-state index in [2.05, 4.69) is 0 Å². The van der Waals surface area contributed by atoms with Crippen molar-refractivity contribution in [2.45, 2.75) is 38.3 Å². The summed E-state index contributed by atoms with van der Waals surface area (Å²) in [4.78, 5) is 30.9. The van der Waals surface area contributed by atoms with Gasteiger partial charge in [0.1, 0.15) is 0 Å². The fourth-order valence-electron chi connectivity index (χ4n) is 3.14. The van der Waals surface area contributed by atoms with Crippen LogP contribution in [0, 0.1) is 0 Å². The average molecular weight is 353 g/mol. The summed E-state index contributed by atoms with van der Waals surface area (Å²) in [5.74, 6) is -0.644. The molecule has 0 aliphatic carbocycles. The molecule has 5 nitrogen and oxygen atoms in total. The van der Waals surface area contributed by atoms with Gasteiger partial charge in [-0.15, -0.1) is 0 Å². The topological polar surface area (TPSA) is 55.8 Å². The van der Waals surface area contributed by atoms with Crippen molar-refractivity contribution in [3.63, 3.8) is 0 Å². The summed E-state index contributed by atoms with van der Waals surface area (Å²) in [6.45, 7) is 2.34. The van der Waals surface area contributed by atoms with Gasteiger partial charge in [-0.3, -0.25) is 9.63 Å². The Bertz CT molecular complexity index is 732. The second kappa shape index (κ2) is 8.63. The minimum Gasteiger partial charge on any atom is -0.464 e. The maximum Gasteiger partial charge on any atom is 0.338 e. The lowest BCUT2D eigenvalue weighted by atomic mass is 9.90. The smallest absolute Gasteiger partial charge is 0.338 e. The van der Waals surface area contributed by atoms with Crippen molar-refractivity contribution in [2.75, 3.05) is 6.61 Å². The van der Waals surface area contributed by atoms with E-state index in [0.29, 0.717) is 19.4 Å². The fourth-order valence-corrected chi connectivity index (χ4v) is 3.14. The van der Waals surface area contributed by atoms with Crippen LogP contribution in [0.2, 0.25) is 0 Å². The number of benzene rings is 2.